The molecule has 0 saturated heterocycles. The summed E-state index contributed by atoms with van der Waals surface area (Å²) in [4.78, 5) is 0. The molecule has 3 rings (SSSR count). The smallest absolute Gasteiger partial charge is 0 e. The molecule has 0 aliphatic rings. The Bertz CT molecular complexity index is 814. The van der Waals surface area contributed by atoms with Crippen LogP contribution in [0.4, 0.5) is 0 Å². The minimum atomic E-state index is -2.58. The fourth-order valence-electron chi connectivity index (χ4n) is 3.11. The maximum Gasteiger partial charge on any atom is 0 e. The van der Waals surface area contributed by atoms with Crippen LogP contribution in [0.2, 0.25) is 0 Å². The van der Waals surface area contributed by atoms with Gasteiger partial charge in [-0.15, -0.1) is 0 Å². The second kappa shape index (κ2) is 12.2. The summed E-state index contributed by atoms with van der Waals surface area (Å²) in [6, 6.07) is 33.9. The molecule has 0 amide bonds. The van der Waals surface area contributed by atoms with E-state index in [2.05, 4.69) is 150 Å². The van der Waals surface area contributed by atoms with Gasteiger partial charge >= 0.3 is 202 Å². The number of rotatable bonds is 8. The van der Waals surface area contributed by atoms with Crippen molar-refractivity contribution in [2.75, 3.05) is 11.5 Å². The Balaban J connectivity index is 0.00000300. The molecule has 158 valence electrons. The molecule has 0 atom stereocenters. The zero-order valence-electron chi connectivity index (χ0n) is 16.4. The van der Waals surface area contributed by atoms with Crippen LogP contribution in [0.3, 0.4) is 0 Å². The van der Waals surface area contributed by atoms with Gasteiger partial charge < -0.3 is 0 Å². The Labute approximate surface area is 220 Å². The van der Waals surface area contributed by atoms with E-state index in [1.165, 1.54) is 15.9 Å². The van der Waals surface area contributed by atoms with E-state index in [4.69, 9.17) is 0 Å². The quantitative estimate of drug-likeness (QED) is 0.172. The van der Waals surface area contributed by atoms with Crippen LogP contribution in [0.1, 0.15) is 13.8 Å². The topological polar surface area (TPSA) is 0 Å². The fraction of sp³-hybridized carbons (Fsp3) is 0.174. The van der Waals surface area contributed by atoms with E-state index in [1.54, 1.807) is 2.17 Å². The molecule has 0 fully saturated rings. The summed E-state index contributed by atoms with van der Waals surface area (Å²) in [5, 5.41) is 4.51. The van der Waals surface area contributed by atoms with Gasteiger partial charge in [-0.25, -0.2) is 0 Å². The normalized spacial score (nSPS) is 12.4. The third kappa shape index (κ3) is 5.60. The third-order valence-corrected chi connectivity index (χ3v) is 32.4. The Morgan fingerprint density at radius 1 is 0.690 bits per heavy atom. The van der Waals surface area contributed by atoms with Crippen LogP contribution in [0, 0.1) is 0 Å². The van der Waals surface area contributed by atoms with Crippen molar-refractivity contribution < 1.29 is 21.1 Å². The molecule has 0 unspecified atom stereocenters. The van der Waals surface area contributed by atoms with Gasteiger partial charge in [0.15, 0.2) is 0 Å². The monoisotopic (exact) mass is 845 g/mol. The molecule has 3 aromatic carbocycles. The van der Waals surface area contributed by atoms with Crippen molar-refractivity contribution in [2.24, 2.45) is 0 Å². The number of hydrogen-bond donors (Lipinski definition) is 0. The molecule has 3 aromatic rings. The Kier molecular flexibility index (Phi) is 10.9. The molecular weight excluding hydrogens is 820 g/mol. The van der Waals surface area contributed by atoms with E-state index in [0.29, 0.717) is 0 Å². The second-order valence-electron chi connectivity index (χ2n) is 6.10. The number of benzene rings is 3. The minimum absolute atomic E-state index is 0. The number of hydrogen-bond acceptors (Lipinski definition) is 2. The van der Waals surface area contributed by atoms with Crippen LogP contribution in [0.5, 0.6) is 0 Å². The first-order chi connectivity index (χ1) is 13.6. The minimum Gasteiger partial charge on any atom is 0 e. The van der Waals surface area contributed by atoms with Crippen molar-refractivity contribution in [1.82, 2.24) is 0 Å². The van der Waals surface area contributed by atoms with Crippen molar-refractivity contribution >= 4 is 85.7 Å². The van der Waals surface area contributed by atoms with Crippen molar-refractivity contribution in [3.63, 3.8) is 0 Å². The van der Waals surface area contributed by atoms with Gasteiger partial charge in [0.1, 0.15) is 0 Å². The van der Waals surface area contributed by atoms with E-state index >= 15 is 0 Å². The Morgan fingerprint density at radius 3 is 1.28 bits per heavy atom. The van der Waals surface area contributed by atoms with Crippen LogP contribution in [0.25, 0.3) is 0 Å². The molecule has 0 aromatic heterocycles. The van der Waals surface area contributed by atoms with Crippen molar-refractivity contribution in [3.8, 4) is 0 Å². The SMILES string of the molecule is CCSC(SCC)=IP(I)(c1ccccc1)(c1ccccc1)c1ccccc1.[Pt]. The molecule has 29 heavy (non-hydrogen) atoms. The molecule has 0 N–H and O–H groups in total. The average Bonchev–Trinajstić information content (AvgIpc) is 2.76. The van der Waals surface area contributed by atoms with Gasteiger partial charge in [0, 0.05) is 21.1 Å². The molecule has 0 aliphatic heterocycles. The first-order valence-electron chi connectivity index (χ1n) is 9.33. The van der Waals surface area contributed by atoms with Gasteiger partial charge in [-0.05, 0) is 0 Å². The molecule has 0 aliphatic carbocycles. The molecule has 6 heteroatoms. The van der Waals surface area contributed by atoms with Crippen molar-refractivity contribution in [2.45, 2.75) is 13.8 Å². The third-order valence-electron chi connectivity index (χ3n) is 4.37. The summed E-state index contributed by atoms with van der Waals surface area (Å²) in [5.41, 5.74) is 0. The largest absolute Gasteiger partial charge is 0 e. The van der Waals surface area contributed by atoms with E-state index in [9.17, 15) is 0 Å². The van der Waals surface area contributed by atoms with Gasteiger partial charge in [0.2, 0.25) is 0 Å². The van der Waals surface area contributed by atoms with E-state index in [1.807, 2.05) is 0 Å². The Morgan fingerprint density at radius 2 is 1.00 bits per heavy atom. The molecule has 0 heterocycles. The molecule has 0 radical (unpaired) electrons. The average molecular weight is 845 g/mol. The molecule has 0 nitrogen and oxygen atoms in total. The van der Waals surface area contributed by atoms with Crippen LogP contribution in [-0.2, 0) is 21.1 Å². The van der Waals surface area contributed by atoms with Gasteiger partial charge in [-0.2, -0.15) is 0 Å². The maximum absolute atomic E-state index is 2.93. The zero-order chi connectivity index (χ0) is 19.9. The summed E-state index contributed by atoms with van der Waals surface area (Å²) in [7, 11) is 0. The number of thioether (sulfide) groups is 2. The van der Waals surface area contributed by atoms with E-state index < -0.39 is 1.89 Å². The van der Waals surface area contributed by atoms with Crippen LogP contribution in [-0.4, -0.2) is 13.7 Å². The summed E-state index contributed by atoms with van der Waals surface area (Å²) in [6.45, 7) is 4.56. The molecular formula is C23H25I2PPtS2. The zero-order valence-corrected chi connectivity index (χ0v) is 25.5. The van der Waals surface area contributed by atoms with E-state index in [0.717, 1.165) is 11.5 Å². The van der Waals surface area contributed by atoms with Gasteiger partial charge in [-0.1, -0.05) is 0 Å². The predicted molar refractivity (Wildman–Crippen MR) is 154 cm³/mol. The first kappa shape index (κ1) is 26.1. The van der Waals surface area contributed by atoms with E-state index in [-0.39, 0.29) is 41.2 Å². The summed E-state index contributed by atoms with van der Waals surface area (Å²) >= 11 is 6.80. The summed E-state index contributed by atoms with van der Waals surface area (Å²) in [5.74, 6) is 2.28. The fourth-order valence-corrected chi connectivity index (χ4v) is 37.6. The standard InChI is InChI=1S/C23H25I2PS2.Pt/c1-3-27-23(28-4-2)25-26(24,20-14-8-5-9-15-20,21-16-10-6-11-17-21)22-18-12-7-13-19-22;/h5-19H,3-4H2,1-2H3;. The molecule has 0 bridgehead atoms. The van der Waals surface area contributed by atoms with Gasteiger partial charge in [0.05, 0.1) is 0 Å². The van der Waals surface area contributed by atoms with Crippen LogP contribution in [0.15, 0.2) is 91.0 Å². The van der Waals surface area contributed by atoms with Crippen molar-refractivity contribution in [1.29, 1.82) is 0 Å². The van der Waals surface area contributed by atoms with Gasteiger partial charge in [-0.3, -0.25) is 0 Å². The number of halogens is 2. The summed E-state index contributed by atoms with van der Waals surface area (Å²) in [6.07, 6.45) is 0. The summed E-state index contributed by atoms with van der Waals surface area (Å²) < 4.78 is -0.916. The van der Waals surface area contributed by atoms with Crippen LogP contribution >= 0.6 is 67.6 Å². The molecule has 0 spiro atoms. The second-order valence-corrected chi connectivity index (χ2v) is 33.5. The Hall–Kier alpha value is 0.808. The van der Waals surface area contributed by atoms with Crippen LogP contribution < -0.4 is 15.9 Å². The molecule has 0 saturated carbocycles. The van der Waals surface area contributed by atoms with Crippen molar-refractivity contribution in [3.05, 3.63) is 91.0 Å². The maximum atomic E-state index is 2.93. The van der Waals surface area contributed by atoms with Gasteiger partial charge in [0.25, 0.3) is 0 Å². The predicted octanol–water partition coefficient (Wildman–Crippen LogP) is 7.34. The first-order valence-corrected chi connectivity index (χ1v) is 20.2.